The summed E-state index contributed by atoms with van der Waals surface area (Å²) < 4.78 is 10.2. The molecule has 3 nitrogen and oxygen atoms in total. The van der Waals surface area contributed by atoms with Gasteiger partial charge in [-0.05, 0) is 12.8 Å². The molecule has 0 aliphatic heterocycles. The molecule has 0 bridgehead atoms. The van der Waals surface area contributed by atoms with Crippen molar-refractivity contribution in [3.63, 3.8) is 0 Å². The second-order valence-corrected chi connectivity index (χ2v) is 3.30. The van der Waals surface area contributed by atoms with Crippen LogP contribution >= 0.6 is 0 Å². The molecular weight excluding hydrogens is 166 g/mol. The molecule has 0 heterocycles. The maximum absolute atomic E-state index is 5.86. The highest BCUT2D eigenvalue weighted by atomic mass is 16.5. The second-order valence-electron chi connectivity index (χ2n) is 3.30. The van der Waals surface area contributed by atoms with Crippen LogP contribution in [0.25, 0.3) is 0 Å². The van der Waals surface area contributed by atoms with Crippen LogP contribution < -0.4 is 5.73 Å². The van der Waals surface area contributed by atoms with E-state index in [0.29, 0.717) is 19.3 Å². The monoisotopic (exact) mass is 189 g/mol. The molecule has 0 aliphatic rings. The number of hydrogen-bond donors (Lipinski definition) is 1. The van der Waals surface area contributed by atoms with Crippen LogP contribution in [0.3, 0.4) is 0 Å². The van der Waals surface area contributed by atoms with Gasteiger partial charge in [-0.3, -0.25) is 0 Å². The third kappa shape index (κ3) is 9.80. The van der Waals surface area contributed by atoms with Crippen molar-refractivity contribution >= 4 is 0 Å². The molecule has 0 radical (unpaired) electrons. The van der Waals surface area contributed by atoms with Crippen molar-refractivity contribution in [1.29, 1.82) is 0 Å². The molecule has 2 N–H and O–H groups in total. The Labute approximate surface area is 81.6 Å². The van der Waals surface area contributed by atoms with Gasteiger partial charge in [0.2, 0.25) is 0 Å². The van der Waals surface area contributed by atoms with Crippen molar-refractivity contribution in [3.05, 3.63) is 0 Å². The number of rotatable bonds is 9. The molecule has 0 spiro atoms. The van der Waals surface area contributed by atoms with Gasteiger partial charge in [0.1, 0.15) is 0 Å². The number of ether oxygens (including phenoxy) is 2. The first-order chi connectivity index (χ1) is 6.31. The van der Waals surface area contributed by atoms with Crippen LogP contribution in [0.1, 0.15) is 32.6 Å². The van der Waals surface area contributed by atoms with Crippen LogP contribution in [0.15, 0.2) is 0 Å². The summed E-state index contributed by atoms with van der Waals surface area (Å²) in [5.41, 5.74) is 5.86. The van der Waals surface area contributed by atoms with Gasteiger partial charge in [0.05, 0.1) is 13.2 Å². The van der Waals surface area contributed by atoms with E-state index in [4.69, 9.17) is 15.2 Å². The fourth-order valence-electron chi connectivity index (χ4n) is 1.09. The van der Waals surface area contributed by atoms with E-state index in [-0.39, 0.29) is 0 Å². The Kier molecular flexibility index (Phi) is 9.87. The van der Waals surface area contributed by atoms with Gasteiger partial charge in [-0.1, -0.05) is 19.8 Å². The molecule has 13 heavy (non-hydrogen) atoms. The lowest BCUT2D eigenvalue weighted by molar-refractivity contribution is 0.0669. The molecule has 0 saturated carbocycles. The van der Waals surface area contributed by atoms with Crippen LogP contribution in [0.4, 0.5) is 0 Å². The highest BCUT2D eigenvalue weighted by Gasteiger charge is 2.00. The third-order valence-corrected chi connectivity index (χ3v) is 1.99. The Hall–Kier alpha value is -0.120. The molecule has 0 amide bonds. The highest BCUT2D eigenvalue weighted by molar-refractivity contribution is 4.59. The van der Waals surface area contributed by atoms with Crippen molar-refractivity contribution in [2.24, 2.45) is 5.73 Å². The predicted molar refractivity (Wildman–Crippen MR) is 54.8 cm³/mol. The van der Waals surface area contributed by atoms with Crippen molar-refractivity contribution < 1.29 is 9.47 Å². The van der Waals surface area contributed by atoms with Crippen LogP contribution in [-0.2, 0) is 9.47 Å². The minimum Gasteiger partial charge on any atom is -0.382 e. The fraction of sp³-hybridized carbons (Fsp3) is 1.00. The standard InChI is InChI=1S/C10H23NO2/c1-3-4-5-10(11)6-7-13-9-8-12-2/h10H,3-9,11H2,1-2H3. The van der Waals surface area contributed by atoms with E-state index in [9.17, 15) is 0 Å². The zero-order valence-electron chi connectivity index (χ0n) is 8.92. The zero-order chi connectivity index (χ0) is 9.94. The summed E-state index contributed by atoms with van der Waals surface area (Å²) in [6.45, 7) is 4.29. The van der Waals surface area contributed by atoms with Crippen molar-refractivity contribution in [3.8, 4) is 0 Å². The Morgan fingerprint density at radius 2 is 1.92 bits per heavy atom. The van der Waals surface area contributed by atoms with Crippen molar-refractivity contribution in [2.45, 2.75) is 38.6 Å². The van der Waals surface area contributed by atoms with Gasteiger partial charge >= 0.3 is 0 Å². The van der Waals surface area contributed by atoms with E-state index in [1.165, 1.54) is 12.8 Å². The van der Waals surface area contributed by atoms with Crippen molar-refractivity contribution in [1.82, 2.24) is 0 Å². The van der Waals surface area contributed by atoms with E-state index >= 15 is 0 Å². The summed E-state index contributed by atoms with van der Waals surface area (Å²) >= 11 is 0. The van der Waals surface area contributed by atoms with Gasteiger partial charge in [0.15, 0.2) is 0 Å². The maximum Gasteiger partial charge on any atom is 0.0700 e. The zero-order valence-corrected chi connectivity index (χ0v) is 8.92. The van der Waals surface area contributed by atoms with E-state index in [1.54, 1.807) is 7.11 Å². The topological polar surface area (TPSA) is 44.5 Å². The number of unbranched alkanes of at least 4 members (excludes halogenated alkanes) is 1. The summed E-state index contributed by atoms with van der Waals surface area (Å²) in [6, 6.07) is 0.308. The minimum atomic E-state index is 0.308. The summed E-state index contributed by atoms with van der Waals surface area (Å²) in [5, 5.41) is 0. The first-order valence-electron chi connectivity index (χ1n) is 5.13. The molecule has 0 aromatic rings. The maximum atomic E-state index is 5.86. The third-order valence-electron chi connectivity index (χ3n) is 1.99. The first-order valence-corrected chi connectivity index (χ1v) is 5.13. The summed E-state index contributed by atoms with van der Waals surface area (Å²) in [6.07, 6.45) is 4.52. The molecular formula is C10H23NO2. The predicted octanol–water partition coefficient (Wildman–Crippen LogP) is 1.56. The molecule has 3 heteroatoms. The van der Waals surface area contributed by atoms with E-state index in [1.807, 2.05) is 0 Å². The van der Waals surface area contributed by atoms with Gasteiger partial charge in [-0.15, -0.1) is 0 Å². The van der Waals surface area contributed by atoms with Gasteiger partial charge in [-0.25, -0.2) is 0 Å². The molecule has 0 rings (SSSR count). The van der Waals surface area contributed by atoms with E-state index in [0.717, 1.165) is 19.4 Å². The van der Waals surface area contributed by atoms with Crippen LogP contribution in [0.2, 0.25) is 0 Å². The highest BCUT2D eigenvalue weighted by Crippen LogP contribution is 2.01. The normalized spacial score (nSPS) is 13.2. The lowest BCUT2D eigenvalue weighted by Gasteiger charge is -2.10. The van der Waals surface area contributed by atoms with Crippen LogP contribution in [0, 0.1) is 0 Å². The molecule has 0 aliphatic carbocycles. The smallest absolute Gasteiger partial charge is 0.0700 e. The van der Waals surface area contributed by atoms with Gasteiger partial charge in [0, 0.05) is 19.8 Å². The van der Waals surface area contributed by atoms with Crippen LogP contribution in [0.5, 0.6) is 0 Å². The lowest BCUT2D eigenvalue weighted by Crippen LogP contribution is -2.22. The Morgan fingerprint density at radius 1 is 1.15 bits per heavy atom. The average molecular weight is 189 g/mol. The molecule has 0 aromatic carbocycles. The van der Waals surface area contributed by atoms with E-state index < -0.39 is 0 Å². The molecule has 1 atom stereocenters. The SMILES string of the molecule is CCCCC(N)CCOCCOC. The number of nitrogens with two attached hydrogens (primary N) is 1. The van der Waals surface area contributed by atoms with Gasteiger partial charge in [0.25, 0.3) is 0 Å². The van der Waals surface area contributed by atoms with Crippen molar-refractivity contribution in [2.75, 3.05) is 26.9 Å². The summed E-state index contributed by atoms with van der Waals surface area (Å²) in [4.78, 5) is 0. The average Bonchev–Trinajstić information content (AvgIpc) is 2.14. The molecule has 0 fully saturated rings. The molecule has 0 saturated heterocycles. The Balaban J connectivity index is 3.03. The number of methoxy groups -OCH3 is 1. The molecule has 80 valence electrons. The van der Waals surface area contributed by atoms with Gasteiger partial charge < -0.3 is 15.2 Å². The quantitative estimate of drug-likeness (QED) is 0.560. The largest absolute Gasteiger partial charge is 0.382 e. The van der Waals surface area contributed by atoms with Crippen LogP contribution in [-0.4, -0.2) is 33.0 Å². The minimum absolute atomic E-state index is 0.308. The Bertz CT molecular complexity index is 98.9. The number of hydrogen-bond acceptors (Lipinski definition) is 3. The summed E-state index contributed by atoms with van der Waals surface area (Å²) in [5.74, 6) is 0. The van der Waals surface area contributed by atoms with E-state index in [2.05, 4.69) is 6.92 Å². The Morgan fingerprint density at radius 3 is 2.54 bits per heavy atom. The summed E-state index contributed by atoms with van der Waals surface area (Å²) in [7, 11) is 1.68. The van der Waals surface area contributed by atoms with Gasteiger partial charge in [-0.2, -0.15) is 0 Å². The molecule has 0 aromatic heterocycles. The fourth-order valence-corrected chi connectivity index (χ4v) is 1.09. The molecule has 1 unspecified atom stereocenters. The first kappa shape index (κ1) is 12.9. The lowest BCUT2D eigenvalue weighted by atomic mass is 10.1. The second kappa shape index (κ2) is 9.96.